The predicted octanol–water partition coefficient (Wildman–Crippen LogP) is 6.99. The van der Waals surface area contributed by atoms with E-state index in [9.17, 15) is 17.6 Å². The van der Waals surface area contributed by atoms with Crippen molar-refractivity contribution in [2.45, 2.75) is 63.6 Å². The fourth-order valence-corrected chi connectivity index (χ4v) is 4.88. The molecule has 2 saturated carbocycles. The maximum absolute atomic E-state index is 14.0. The molecule has 2 fully saturated rings. The molecule has 26 heavy (non-hydrogen) atoms. The van der Waals surface area contributed by atoms with Gasteiger partial charge in [-0.3, -0.25) is 0 Å². The molecule has 4 atom stereocenters. The SMILES string of the molecule is C=CCC[C@@H]1CC[C@@H]2CC(c3ccc(OC(F)(F)F)c(F)c3)CC[C@@H]2C1. The molecule has 0 amide bonds. The highest BCUT2D eigenvalue weighted by Crippen LogP contribution is 2.48. The first kappa shape index (κ1) is 19.2. The van der Waals surface area contributed by atoms with Crippen molar-refractivity contribution in [1.29, 1.82) is 0 Å². The monoisotopic (exact) mass is 370 g/mol. The summed E-state index contributed by atoms with van der Waals surface area (Å²) in [7, 11) is 0. The number of ether oxygens (including phenoxy) is 1. The van der Waals surface area contributed by atoms with Gasteiger partial charge in [-0.1, -0.05) is 18.6 Å². The van der Waals surface area contributed by atoms with Crippen molar-refractivity contribution in [3.8, 4) is 5.75 Å². The molecule has 1 aromatic rings. The number of fused-ring (bicyclic) bond motifs is 1. The summed E-state index contributed by atoms with van der Waals surface area (Å²) in [6.07, 6.45) is 6.27. The van der Waals surface area contributed by atoms with E-state index in [4.69, 9.17) is 0 Å². The number of allylic oxidation sites excluding steroid dienone is 1. The van der Waals surface area contributed by atoms with Gasteiger partial charge in [-0.25, -0.2) is 4.39 Å². The first-order valence-corrected chi connectivity index (χ1v) is 9.51. The maximum Gasteiger partial charge on any atom is 0.573 e. The summed E-state index contributed by atoms with van der Waals surface area (Å²) in [6, 6.07) is 3.92. The average Bonchev–Trinajstić information content (AvgIpc) is 2.60. The van der Waals surface area contributed by atoms with Crippen LogP contribution in [0.2, 0.25) is 0 Å². The van der Waals surface area contributed by atoms with E-state index in [1.807, 2.05) is 6.08 Å². The molecule has 2 aliphatic rings. The summed E-state index contributed by atoms with van der Waals surface area (Å²) in [5.41, 5.74) is 0.796. The van der Waals surface area contributed by atoms with Crippen molar-refractivity contribution in [3.05, 3.63) is 42.2 Å². The van der Waals surface area contributed by atoms with Gasteiger partial charge in [0.1, 0.15) is 0 Å². The van der Waals surface area contributed by atoms with Gasteiger partial charge >= 0.3 is 6.36 Å². The van der Waals surface area contributed by atoms with E-state index in [-0.39, 0.29) is 5.92 Å². The number of hydrogen-bond donors (Lipinski definition) is 0. The summed E-state index contributed by atoms with van der Waals surface area (Å²) in [5, 5.41) is 0. The van der Waals surface area contributed by atoms with Gasteiger partial charge in [0.25, 0.3) is 0 Å². The Balaban J connectivity index is 1.61. The Morgan fingerprint density at radius 3 is 2.50 bits per heavy atom. The van der Waals surface area contributed by atoms with Crippen LogP contribution in [0.1, 0.15) is 62.8 Å². The number of benzene rings is 1. The van der Waals surface area contributed by atoms with Gasteiger partial charge in [0.05, 0.1) is 0 Å². The first-order chi connectivity index (χ1) is 12.4. The second-order valence-corrected chi connectivity index (χ2v) is 7.81. The summed E-state index contributed by atoms with van der Waals surface area (Å²) >= 11 is 0. The second-order valence-electron chi connectivity index (χ2n) is 7.81. The quantitative estimate of drug-likeness (QED) is 0.401. The van der Waals surface area contributed by atoms with E-state index in [1.165, 1.54) is 31.7 Å². The molecule has 0 spiro atoms. The van der Waals surface area contributed by atoms with Crippen molar-refractivity contribution >= 4 is 0 Å². The van der Waals surface area contributed by atoms with Crippen LogP contribution in [-0.4, -0.2) is 6.36 Å². The van der Waals surface area contributed by atoms with Crippen LogP contribution in [0.5, 0.6) is 5.75 Å². The van der Waals surface area contributed by atoms with E-state index in [0.717, 1.165) is 49.1 Å². The normalized spacial score (nSPS) is 29.1. The zero-order valence-corrected chi connectivity index (χ0v) is 14.9. The van der Waals surface area contributed by atoms with Gasteiger partial charge in [-0.2, -0.15) is 0 Å². The Bertz CT molecular complexity index is 625. The Hall–Kier alpha value is -1.52. The van der Waals surface area contributed by atoms with E-state index in [1.54, 1.807) is 6.07 Å². The minimum Gasteiger partial charge on any atom is -0.403 e. The minimum absolute atomic E-state index is 0.232. The van der Waals surface area contributed by atoms with Crippen LogP contribution in [-0.2, 0) is 0 Å². The van der Waals surface area contributed by atoms with Crippen molar-refractivity contribution in [2.75, 3.05) is 0 Å². The Morgan fingerprint density at radius 2 is 1.81 bits per heavy atom. The fourth-order valence-electron chi connectivity index (χ4n) is 4.88. The molecule has 0 bridgehead atoms. The number of hydrogen-bond acceptors (Lipinski definition) is 1. The molecule has 5 heteroatoms. The number of alkyl halides is 3. The van der Waals surface area contributed by atoms with Crippen LogP contribution in [0.3, 0.4) is 0 Å². The highest BCUT2D eigenvalue weighted by atomic mass is 19.4. The molecule has 144 valence electrons. The van der Waals surface area contributed by atoms with Crippen molar-refractivity contribution in [2.24, 2.45) is 17.8 Å². The van der Waals surface area contributed by atoms with E-state index in [0.29, 0.717) is 5.92 Å². The van der Waals surface area contributed by atoms with Gasteiger partial charge in [-0.15, -0.1) is 19.8 Å². The van der Waals surface area contributed by atoms with Crippen molar-refractivity contribution in [3.63, 3.8) is 0 Å². The molecule has 0 aromatic heterocycles. The Kier molecular flexibility index (Phi) is 5.93. The molecule has 0 aliphatic heterocycles. The van der Waals surface area contributed by atoms with Crippen LogP contribution in [0.15, 0.2) is 30.9 Å². The molecule has 2 aliphatic carbocycles. The van der Waals surface area contributed by atoms with Crippen LogP contribution in [0, 0.1) is 23.6 Å². The molecule has 1 unspecified atom stereocenters. The van der Waals surface area contributed by atoms with Crippen LogP contribution in [0.25, 0.3) is 0 Å². The largest absolute Gasteiger partial charge is 0.573 e. The van der Waals surface area contributed by atoms with Gasteiger partial charge in [-0.05, 0) is 86.3 Å². The lowest BCUT2D eigenvalue weighted by Gasteiger charge is -2.42. The zero-order chi connectivity index (χ0) is 18.7. The summed E-state index contributed by atoms with van der Waals surface area (Å²) in [6.45, 7) is 3.80. The van der Waals surface area contributed by atoms with Crippen LogP contribution in [0.4, 0.5) is 17.6 Å². The van der Waals surface area contributed by atoms with E-state index < -0.39 is 17.9 Å². The topological polar surface area (TPSA) is 9.23 Å². The molecular weight excluding hydrogens is 344 g/mol. The first-order valence-electron chi connectivity index (χ1n) is 9.51. The fraction of sp³-hybridized carbons (Fsp3) is 0.619. The maximum atomic E-state index is 14.0. The third-order valence-electron chi connectivity index (χ3n) is 6.15. The molecule has 1 aromatic carbocycles. The van der Waals surface area contributed by atoms with Gasteiger partial charge in [0.15, 0.2) is 11.6 Å². The van der Waals surface area contributed by atoms with E-state index >= 15 is 0 Å². The third kappa shape index (κ3) is 4.80. The summed E-state index contributed by atoms with van der Waals surface area (Å²) in [5.74, 6) is 0.737. The molecule has 0 N–H and O–H groups in total. The molecule has 0 radical (unpaired) electrons. The molecule has 0 saturated heterocycles. The standard InChI is InChI=1S/C21H26F4O/c1-2-3-4-14-5-6-16-12-17(8-7-15(16)11-14)18-9-10-20(19(22)13-18)26-21(23,24)25/h2,9-10,13-17H,1,3-8,11-12H2/t14-,15-,16-,17?/m1/s1. The lowest BCUT2D eigenvalue weighted by Crippen LogP contribution is -2.30. The van der Waals surface area contributed by atoms with E-state index in [2.05, 4.69) is 11.3 Å². The summed E-state index contributed by atoms with van der Waals surface area (Å²) in [4.78, 5) is 0. The van der Waals surface area contributed by atoms with Crippen LogP contribution < -0.4 is 4.74 Å². The van der Waals surface area contributed by atoms with Crippen molar-refractivity contribution < 1.29 is 22.3 Å². The zero-order valence-electron chi connectivity index (χ0n) is 14.9. The summed E-state index contributed by atoms with van der Waals surface area (Å²) < 4.78 is 54.6. The number of rotatable bonds is 5. The highest BCUT2D eigenvalue weighted by molar-refractivity contribution is 5.32. The van der Waals surface area contributed by atoms with Gasteiger partial charge < -0.3 is 4.74 Å². The smallest absolute Gasteiger partial charge is 0.403 e. The highest BCUT2D eigenvalue weighted by Gasteiger charge is 2.36. The second kappa shape index (κ2) is 8.01. The molecule has 1 nitrogen and oxygen atoms in total. The Labute approximate surface area is 152 Å². The Morgan fingerprint density at radius 1 is 1.08 bits per heavy atom. The minimum atomic E-state index is -4.87. The average molecular weight is 370 g/mol. The van der Waals surface area contributed by atoms with Crippen molar-refractivity contribution in [1.82, 2.24) is 0 Å². The van der Waals surface area contributed by atoms with Gasteiger partial charge in [0, 0.05) is 0 Å². The predicted molar refractivity (Wildman–Crippen MR) is 93.4 cm³/mol. The number of halogens is 4. The lowest BCUT2D eigenvalue weighted by atomic mass is 9.63. The van der Waals surface area contributed by atoms with Crippen LogP contribution >= 0.6 is 0 Å². The molecule has 0 heterocycles. The van der Waals surface area contributed by atoms with Gasteiger partial charge in [0.2, 0.25) is 0 Å². The molecular formula is C21H26F4O. The molecule has 3 rings (SSSR count). The lowest BCUT2D eigenvalue weighted by molar-refractivity contribution is -0.275. The third-order valence-corrected chi connectivity index (χ3v) is 6.15.